The molecule has 0 amide bonds. The molecule has 0 radical (unpaired) electrons. The third-order valence-corrected chi connectivity index (χ3v) is 3.16. The quantitative estimate of drug-likeness (QED) is 0.373. The van der Waals surface area contributed by atoms with E-state index in [1.165, 1.54) is 25.3 Å². The zero-order chi connectivity index (χ0) is 19.1. The number of benzene rings is 1. The number of nitro benzene ring substituents is 1. The van der Waals surface area contributed by atoms with Crippen LogP contribution in [0.3, 0.4) is 0 Å². The molecule has 0 unspecified atom stereocenters. The number of hydrogen-bond acceptors (Lipinski definition) is 9. The number of esters is 1. The number of carbonyl (C=O) groups is 1. The van der Waals surface area contributed by atoms with E-state index in [1.807, 2.05) is 13.8 Å². The second-order valence-corrected chi connectivity index (χ2v) is 5.74. The number of nitro groups is 1. The Morgan fingerprint density at radius 3 is 2.81 bits per heavy atom. The number of hydrogen-bond donors (Lipinski definition) is 0. The van der Waals surface area contributed by atoms with Crippen LogP contribution in [0.25, 0.3) is 0 Å². The summed E-state index contributed by atoms with van der Waals surface area (Å²) in [5, 5.41) is 14.6. The van der Waals surface area contributed by atoms with Gasteiger partial charge < -0.3 is 18.7 Å². The van der Waals surface area contributed by atoms with Crippen LogP contribution in [0.1, 0.15) is 25.6 Å². The largest absolute Gasteiger partial charge is 0.490 e. The summed E-state index contributed by atoms with van der Waals surface area (Å²) in [6, 6.07) is 3.92. The van der Waals surface area contributed by atoms with E-state index in [4.69, 9.17) is 18.7 Å². The van der Waals surface area contributed by atoms with Crippen molar-refractivity contribution in [1.82, 2.24) is 10.1 Å². The molecule has 0 aliphatic heterocycles. The highest BCUT2D eigenvalue weighted by Crippen LogP contribution is 2.30. The summed E-state index contributed by atoms with van der Waals surface area (Å²) >= 11 is 0. The summed E-state index contributed by atoms with van der Waals surface area (Å²) in [4.78, 5) is 26.1. The molecule has 0 bridgehead atoms. The van der Waals surface area contributed by atoms with Crippen molar-refractivity contribution in [1.29, 1.82) is 0 Å². The normalized spacial score (nSPS) is 10.6. The van der Waals surface area contributed by atoms with Gasteiger partial charge in [-0.3, -0.25) is 10.1 Å². The van der Waals surface area contributed by atoms with Crippen LogP contribution in [0.5, 0.6) is 11.5 Å². The van der Waals surface area contributed by atoms with Gasteiger partial charge in [0, 0.05) is 18.6 Å². The van der Waals surface area contributed by atoms with Gasteiger partial charge in [-0.05, 0) is 12.0 Å². The zero-order valence-electron chi connectivity index (χ0n) is 14.6. The minimum atomic E-state index is -0.647. The van der Waals surface area contributed by atoms with E-state index >= 15 is 0 Å². The molecule has 10 nitrogen and oxygen atoms in total. The van der Waals surface area contributed by atoms with E-state index in [1.54, 1.807) is 0 Å². The van der Waals surface area contributed by atoms with E-state index in [0.717, 1.165) is 0 Å². The Hall–Kier alpha value is -3.17. The highest BCUT2D eigenvalue weighted by Gasteiger charge is 2.16. The molecule has 10 heteroatoms. The van der Waals surface area contributed by atoms with Crippen LogP contribution < -0.4 is 9.47 Å². The molecule has 0 atom stereocenters. The van der Waals surface area contributed by atoms with Crippen molar-refractivity contribution >= 4 is 11.7 Å². The van der Waals surface area contributed by atoms with Gasteiger partial charge in [-0.15, -0.1) is 0 Å². The van der Waals surface area contributed by atoms with Crippen LogP contribution in [0, 0.1) is 16.0 Å². The van der Waals surface area contributed by atoms with Crippen LogP contribution in [0.15, 0.2) is 22.7 Å². The average molecular weight is 365 g/mol. The second-order valence-electron chi connectivity index (χ2n) is 5.74. The predicted molar refractivity (Wildman–Crippen MR) is 87.8 cm³/mol. The molecule has 26 heavy (non-hydrogen) atoms. The van der Waals surface area contributed by atoms with Gasteiger partial charge in [-0.2, -0.15) is 4.98 Å². The smallest absolute Gasteiger partial charge is 0.344 e. The fourth-order valence-corrected chi connectivity index (χ4v) is 2.02. The molecule has 1 aromatic carbocycles. The number of aromatic nitrogens is 2. The molecular weight excluding hydrogens is 346 g/mol. The first kappa shape index (κ1) is 19.2. The van der Waals surface area contributed by atoms with Crippen molar-refractivity contribution < 1.29 is 28.5 Å². The van der Waals surface area contributed by atoms with Crippen molar-refractivity contribution in [2.45, 2.75) is 26.9 Å². The summed E-state index contributed by atoms with van der Waals surface area (Å²) in [5.74, 6) is 0.762. The van der Waals surface area contributed by atoms with Gasteiger partial charge in [-0.25, -0.2) is 4.79 Å². The first-order valence-corrected chi connectivity index (χ1v) is 7.81. The number of nitrogens with zero attached hydrogens (tertiary/aromatic N) is 3. The average Bonchev–Trinajstić information content (AvgIpc) is 3.04. The molecule has 0 spiro atoms. The minimum Gasteiger partial charge on any atom is -0.490 e. The number of carbonyl (C=O) groups excluding carboxylic acids is 1. The highest BCUT2D eigenvalue weighted by molar-refractivity contribution is 5.71. The number of rotatable bonds is 9. The fraction of sp³-hybridized carbons (Fsp3) is 0.438. The first-order chi connectivity index (χ1) is 12.4. The van der Waals surface area contributed by atoms with E-state index < -0.39 is 10.9 Å². The molecule has 0 N–H and O–H groups in total. The maximum absolute atomic E-state index is 11.7. The van der Waals surface area contributed by atoms with E-state index in [9.17, 15) is 14.9 Å². The van der Waals surface area contributed by atoms with Crippen molar-refractivity contribution in [3.05, 3.63) is 40.0 Å². The topological polar surface area (TPSA) is 127 Å². The minimum absolute atomic E-state index is 0.0319. The molecule has 0 aliphatic rings. The molecular formula is C16H19N3O7. The van der Waals surface area contributed by atoms with Gasteiger partial charge in [0.2, 0.25) is 5.75 Å². The Morgan fingerprint density at radius 2 is 2.15 bits per heavy atom. The summed E-state index contributed by atoms with van der Waals surface area (Å²) < 4.78 is 20.1. The Bertz CT molecular complexity index is 773. The maximum atomic E-state index is 11.7. The molecule has 2 rings (SSSR count). The summed E-state index contributed by atoms with van der Waals surface area (Å²) in [5.41, 5.74) is -0.198. The lowest BCUT2D eigenvalue weighted by Gasteiger charge is -2.07. The Morgan fingerprint density at radius 1 is 1.38 bits per heavy atom. The van der Waals surface area contributed by atoms with Gasteiger partial charge in [0.25, 0.3) is 5.89 Å². The van der Waals surface area contributed by atoms with Crippen LogP contribution >= 0.6 is 0 Å². The van der Waals surface area contributed by atoms with Crippen molar-refractivity contribution in [3.63, 3.8) is 0 Å². The molecule has 140 valence electrons. The lowest BCUT2D eigenvalue weighted by Crippen LogP contribution is -2.15. The molecule has 0 aliphatic carbocycles. The van der Waals surface area contributed by atoms with Crippen LogP contribution in [-0.4, -0.2) is 34.7 Å². The van der Waals surface area contributed by atoms with Gasteiger partial charge in [0.05, 0.1) is 12.0 Å². The van der Waals surface area contributed by atoms with Crippen LogP contribution in [-0.2, 0) is 22.6 Å². The third-order valence-electron chi connectivity index (χ3n) is 3.16. The fourth-order valence-electron chi connectivity index (χ4n) is 2.02. The Balaban J connectivity index is 1.83. The summed E-state index contributed by atoms with van der Waals surface area (Å²) in [6.45, 7) is 3.52. The van der Waals surface area contributed by atoms with Crippen molar-refractivity contribution in [3.8, 4) is 11.5 Å². The predicted octanol–water partition coefficient (Wildman–Crippen LogP) is 2.31. The standard InChI is InChI=1S/C16H19N3O7/c1-10(2)6-14-17-15(26-18-14)8-25-16(20)9-24-11-4-5-12(19(21)22)13(7-11)23-3/h4-5,7,10H,6,8-9H2,1-3H3. The molecule has 2 aromatic rings. The van der Waals surface area contributed by atoms with Gasteiger partial charge in [0.1, 0.15) is 5.75 Å². The molecule has 1 aromatic heterocycles. The van der Waals surface area contributed by atoms with E-state index in [0.29, 0.717) is 18.2 Å². The lowest BCUT2D eigenvalue weighted by molar-refractivity contribution is -0.385. The molecule has 0 fully saturated rings. The van der Waals surface area contributed by atoms with E-state index in [-0.39, 0.29) is 36.3 Å². The van der Waals surface area contributed by atoms with Gasteiger partial charge in [0.15, 0.2) is 19.0 Å². The number of methoxy groups -OCH3 is 1. The van der Waals surface area contributed by atoms with E-state index in [2.05, 4.69) is 10.1 Å². The van der Waals surface area contributed by atoms with Gasteiger partial charge in [-0.1, -0.05) is 19.0 Å². The first-order valence-electron chi connectivity index (χ1n) is 7.81. The summed E-state index contributed by atoms with van der Waals surface area (Å²) in [6.07, 6.45) is 0.669. The number of ether oxygens (including phenoxy) is 3. The Kier molecular flexibility index (Phi) is 6.48. The van der Waals surface area contributed by atoms with Crippen molar-refractivity contribution in [2.24, 2.45) is 5.92 Å². The molecule has 1 heterocycles. The van der Waals surface area contributed by atoms with Crippen LogP contribution in [0.4, 0.5) is 5.69 Å². The monoisotopic (exact) mass is 365 g/mol. The lowest BCUT2D eigenvalue weighted by atomic mass is 10.1. The SMILES string of the molecule is COc1cc(OCC(=O)OCc2nc(CC(C)C)no2)ccc1[N+](=O)[O-]. The molecule has 0 saturated carbocycles. The zero-order valence-corrected chi connectivity index (χ0v) is 14.6. The maximum Gasteiger partial charge on any atom is 0.344 e. The van der Waals surface area contributed by atoms with Gasteiger partial charge >= 0.3 is 11.7 Å². The van der Waals surface area contributed by atoms with Crippen molar-refractivity contribution in [2.75, 3.05) is 13.7 Å². The van der Waals surface area contributed by atoms with Crippen LogP contribution in [0.2, 0.25) is 0 Å². The molecule has 0 saturated heterocycles. The second kappa shape index (κ2) is 8.79. The third kappa shape index (κ3) is 5.43. The highest BCUT2D eigenvalue weighted by atomic mass is 16.6. The summed E-state index contributed by atoms with van der Waals surface area (Å²) in [7, 11) is 1.30. The Labute approximate surface area is 149 Å².